The minimum absolute atomic E-state index is 0.0473. The molecule has 0 bridgehead atoms. The van der Waals surface area contributed by atoms with Gasteiger partial charge in [-0.25, -0.2) is 5.84 Å². The van der Waals surface area contributed by atoms with Crippen molar-refractivity contribution in [3.63, 3.8) is 0 Å². The monoisotopic (exact) mass is 526 g/mol. The molecule has 4 unspecified atom stereocenters. The Morgan fingerprint density at radius 2 is 1.66 bits per heavy atom. The molecule has 0 radical (unpaired) electrons. The molecule has 0 saturated heterocycles. The molecule has 1 amide bonds. The Labute approximate surface area is 229 Å². The smallest absolute Gasteiger partial charge is 0.302 e. The second-order valence-corrected chi connectivity index (χ2v) is 15.2. The van der Waals surface area contributed by atoms with Gasteiger partial charge in [0.2, 0.25) is 5.91 Å². The predicted octanol–water partition coefficient (Wildman–Crippen LogP) is 5.74. The van der Waals surface area contributed by atoms with E-state index in [0.717, 1.165) is 25.7 Å². The second kappa shape index (κ2) is 8.65. The second-order valence-electron chi connectivity index (χ2n) is 15.2. The number of nitrogens with two attached hydrogens (primary N) is 1. The first-order valence-electron chi connectivity index (χ1n) is 15.0. The van der Waals surface area contributed by atoms with Crippen molar-refractivity contribution in [3.05, 3.63) is 11.6 Å². The summed E-state index contributed by atoms with van der Waals surface area (Å²) >= 11 is 0. The van der Waals surface area contributed by atoms with Crippen LogP contribution in [-0.2, 0) is 19.1 Å². The van der Waals surface area contributed by atoms with Crippen molar-refractivity contribution in [2.24, 2.45) is 62.5 Å². The van der Waals surface area contributed by atoms with Gasteiger partial charge in [-0.1, -0.05) is 47.1 Å². The van der Waals surface area contributed by atoms with E-state index in [1.807, 2.05) is 6.92 Å². The Morgan fingerprint density at radius 1 is 0.974 bits per heavy atom. The maximum Gasteiger partial charge on any atom is 0.302 e. The first kappa shape index (κ1) is 27.9. The Bertz CT molecular complexity index is 1090. The third kappa shape index (κ3) is 3.37. The first-order chi connectivity index (χ1) is 17.6. The molecule has 5 aliphatic carbocycles. The van der Waals surface area contributed by atoms with Gasteiger partial charge < -0.3 is 4.74 Å². The van der Waals surface area contributed by atoms with E-state index in [-0.39, 0.29) is 51.2 Å². The van der Waals surface area contributed by atoms with Gasteiger partial charge in [-0.15, -0.1) is 0 Å². The number of allylic oxidation sites excluding steroid dienone is 2. The summed E-state index contributed by atoms with van der Waals surface area (Å²) in [5.74, 6) is 6.68. The maximum absolute atomic E-state index is 14.5. The molecule has 0 aromatic heterocycles. The molecule has 5 aliphatic rings. The number of fused-ring (bicyclic) bond motifs is 7. The third-order valence-electron chi connectivity index (χ3n) is 13.7. The Morgan fingerprint density at radius 3 is 2.29 bits per heavy atom. The maximum atomic E-state index is 14.5. The Balaban J connectivity index is 1.62. The molecule has 0 aromatic rings. The van der Waals surface area contributed by atoms with Crippen LogP contribution in [0.4, 0.5) is 0 Å². The highest BCUT2D eigenvalue weighted by molar-refractivity contribution is 5.96. The van der Waals surface area contributed by atoms with E-state index in [1.54, 1.807) is 0 Å². The fraction of sp³-hybridized carbons (Fsp3) is 0.844. The van der Waals surface area contributed by atoms with Gasteiger partial charge >= 0.3 is 5.97 Å². The fourth-order valence-corrected chi connectivity index (χ4v) is 11.2. The highest BCUT2D eigenvalue weighted by atomic mass is 16.5. The average molecular weight is 527 g/mol. The fourth-order valence-electron chi connectivity index (χ4n) is 11.2. The summed E-state index contributed by atoms with van der Waals surface area (Å²) in [5.41, 5.74) is 2.47. The number of ether oxygens (including phenoxy) is 1. The first-order valence-corrected chi connectivity index (χ1v) is 15.0. The van der Waals surface area contributed by atoms with E-state index >= 15 is 0 Å². The molecule has 5 rings (SSSR count). The van der Waals surface area contributed by atoms with Crippen LogP contribution in [0.1, 0.15) is 107 Å². The van der Waals surface area contributed by atoms with Crippen LogP contribution in [0.15, 0.2) is 11.6 Å². The molecule has 6 heteroatoms. The van der Waals surface area contributed by atoms with E-state index < -0.39 is 11.5 Å². The van der Waals surface area contributed by atoms with Gasteiger partial charge in [0.1, 0.15) is 6.10 Å². The van der Waals surface area contributed by atoms with Gasteiger partial charge in [-0.05, 0) is 110 Å². The van der Waals surface area contributed by atoms with Gasteiger partial charge in [-0.3, -0.25) is 19.8 Å². The van der Waals surface area contributed by atoms with Gasteiger partial charge in [0.05, 0.1) is 5.41 Å². The van der Waals surface area contributed by atoms with Crippen molar-refractivity contribution >= 4 is 17.7 Å². The third-order valence-corrected chi connectivity index (χ3v) is 13.7. The zero-order chi connectivity index (χ0) is 28.1. The number of nitrogens with one attached hydrogen (secondary N) is 1. The predicted molar refractivity (Wildman–Crippen MR) is 147 cm³/mol. The van der Waals surface area contributed by atoms with Crippen LogP contribution >= 0.6 is 0 Å². The SMILES string of the molecule is CC(=O)OC1CC[C@@]2(C)C(CC[C@]3(C)C2C(=O)C=C2C4[C@@H](C)[C@H](C)CC[C@]4(C)CC[C@]23C)[C@@]1(C)C(=O)NN. The molecule has 212 valence electrons. The van der Waals surface area contributed by atoms with Gasteiger partial charge in [0.15, 0.2) is 5.78 Å². The van der Waals surface area contributed by atoms with Crippen LogP contribution in [0.2, 0.25) is 0 Å². The number of hydrogen-bond acceptors (Lipinski definition) is 5. The summed E-state index contributed by atoms with van der Waals surface area (Å²) in [7, 11) is 0. The summed E-state index contributed by atoms with van der Waals surface area (Å²) in [6, 6.07) is 0. The molecule has 0 aromatic carbocycles. The molecule has 11 atom stereocenters. The van der Waals surface area contributed by atoms with Crippen molar-refractivity contribution in [2.45, 2.75) is 113 Å². The molecule has 4 saturated carbocycles. The summed E-state index contributed by atoms with van der Waals surface area (Å²) in [6.07, 6.45) is 9.39. The average Bonchev–Trinajstić information content (AvgIpc) is 2.84. The molecule has 0 heterocycles. The Kier molecular flexibility index (Phi) is 6.34. The number of hydrazine groups is 1. The van der Waals surface area contributed by atoms with Crippen LogP contribution in [0, 0.1) is 56.7 Å². The van der Waals surface area contributed by atoms with Gasteiger partial charge in [-0.2, -0.15) is 0 Å². The highest BCUT2D eigenvalue weighted by Crippen LogP contribution is 2.75. The number of hydrogen-bond donors (Lipinski definition) is 2. The van der Waals surface area contributed by atoms with E-state index in [2.05, 4.69) is 53.0 Å². The van der Waals surface area contributed by atoms with Crippen molar-refractivity contribution < 1.29 is 19.1 Å². The highest BCUT2D eigenvalue weighted by Gasteiger charge is 2.72. The van der Waals surface area contributed by atoms with Crippen molar-refractivity contribution in [1.82, 2.24) is 5.43 Å². The van der Waals surface area contributed by atoms with E-state index in [0.29, 0.717) is 24.2 Å². The zero-order valence-electron chi connectivity index (χ0n) is 24.9. The minimum atomic E-state index is -0.988. The van der Waals surface area contributed by atoms with Crippen molar-refractivity contribution in [3.8, 4) is 0 Å². The number of amides is 1. The number of rotatable bonds is 2. The van der Waals surface area contributed by atoms with Crippen LogP contribution in [0.25, 0.3) is 0 Å². The standard InChI is InChI=1S/C32H50N2O4/c1-18-9-12-28(4)15-16-30(6)21(25(28)19(18)2)17-22(36)26-29(5)13-11-24(38-20(3)35)32(8,27(37)34-33)23(29)10-14-31(26,30)7/h17-19,23-26H,9-16,33H2,1-8H3,(H,34,37)/t18-,19+,23?,24?,25?,26?,28-,29+,30-,31-,32-/m1/s1. The number of carbonyl (C=O) groups excluding carboxylic acids is 3. The van der Waals surface area contributed by atoms with Crippen LogP contribution < -0.4 is 11.3 Å². The summed E-state index contributed by atoms with van der Waals surface area (Å²) < 4.78 is 5.76. The normalized spacial score (nSPS) is 51.9. The number of carbonyl (C=O) groups is 3. The van der Waals surface area contributed by atoms with E-state index in [1.165, 1.54) is 31.8 Å². The molecular formula is C32H50N2O4. The lowest BCUT2D eigenvalue weighted by atomic mass is 9.33. The molecular weight excluding hydrogens is 476 g/mol. The number of esters is 1. The Hall–Kier alpha value is -1.69. The number of ketones is 1. The van der Waals surface area contributed by atoms with Crippen molar-refractivity contribution in [1.29, 1.82) is 0 Å². The summed E-state index contributed by atoms with van der Waals surface area (Å²) in [4.78, 5) is 39.9. The summed E-state index contributed by atoms with van der Waals surface area (Å²) in [5, 5.41) is 0. The van der Waals surface area contributed by atoms with Gasteiger partial charge in [0, 0.05) is 12.8 Å². The van der Waals surface area contributed by atoms with E-state index in [9.17, 15) is 14.4 Å². The van der Waals surface area contributed by atoms with Gasteiger partial charge in [0.25, 0.3) is 0 Å². The molecule has 4 fully saturated rings. The molecule has 0 spiro atoms. The lowest BCUT2D eigenvalue weighted by Crippen LogP contribution is -2.69. The lowest BCUT2D eigenvalue weighted by molar-refractivity contribution is -0.214. The van der Waals surface area contributed by atoms with Crippen LogP contribution in [0.5, 0.6) is 0 Å². The lowest BCUT2D eigenvalue weighted by Gasteiger charge is -2.70. The largest absolute Gasteiger partial charge is 0.461 e. The molecule has 38 heavy (non-hydrogen) atoms. The molecule has 6 nitrogen and oxygen atoms in total. The molecule has 3 N–H and O–H groups in total. The summed E-state index contributed by atoms with van der Waals surface area (Å²) in [6.45, 7) is 17.7. The van der Waals surface area contributed by atoms with Crippen LogP contribution in [0.3, 0.4) is 0 Å². The quantitative estimate of drug-likeness (QED) is 0.207. The minimum Gasteiger partial charge on any atom is -0.461 e. The topological polar surface area (TPSA) is 98.5 Å². The van der Waals surface area contributed by atoms with Crippen LogP contribution in [-0.4, -0.2) is 23.8 Å². The van der Waals surface area contributed by atoms with Crippen molar-refractivity contribution in [2.75, 3.05) is 0 Å². The molecule has 0 aliphatic heterocycles. The zero-order valence-corrected chi connectivity index (χ0v) is 24.9. The van der Waals surface area contributed by atoms with E-state index in [4.69, 9.17) is 10.6 Å².